The van der Waals surface area contributed by atoms with Gasteiger partial charge in [0.05, 0.1) is 6.61 Å². The van der Waals surface area contributed by atoms with Gasteiger partial charge in [0.1, 0.15) is 11.5 Å². The summed E-state index contributed by atoms with van der Waals surface area (Å²) < 4.78 is 6.81. The topological polar surface area (TPSA) is 29.5 Å². The van der Waals surface area contributed by atoms with E-state index in [-0.39, 0.29) is 6.61 Å². The van der Waals surface area contributed by atoms with Crippen LogP contribution in [0.1, 0.15) is 30.9 Å². The van der Waals surface area contributed by atoms with Gasteiger partial charge in [0, 0.05) is 10.0 Å². The molecule has 3 heteroatoms. The van der Waals surface area contributed by atoms with E-state index in [1.54, 1.807) is 0 Å². The molecule has 0 unspecified atom stereocenters. The number of halogens is 1. The summed E-state index contributed by atoms with van der Waals surface area (Å²) in [4.78, 5) is 0. The molecule has 0 aromatic heterocycles. The lowest BCUT2D eigenvalue weighted by Gasteiger charge is -2.12. The number of aliphatic hydroxyl groups excluding tert-OH is 1. The van der Waals surface area contributed by atoms with Gasteiger partial charge in [-0.1, -0.05) is 48.0 Å². The molecule has 0 saturated heterocycles. The Morgan fingerprint density at radius 3 is 2.63 bits per heavy atom. The van der Waals surface area contributed by atoms with Gasteiger partial charge in [-0.25, -0.2) is 0 Å². The van der Waals surface area contributed by atoms with Gasteiger partial charge < -0.3 is 9.84 Å². The van der Waals surface area contributed by atoms with Crippen LogP contribution in [-0.4, -0.2) is 5.11 Å². The highest BCUT2D eigenvalue weighted by atomic mass is 79.9. The molecule has 0 aliphatic heterocycles. The first kappa shape index (κ1) is 14.1. The van der Waals surface area contributed by atoms with E-state index in [9.17, 15) is 5.11 Å². The normalized spacial score (nSPS) is 10.8. The van der Waals surface area contributed by atoms with Gasteiger partial charge in [-0.05, 0) is 35.7 Å². The number of benzene rings is 2. The minimum Gasteiger partial charge on any atom is -0.457 e. The third-order valence-corrected chi connectivity index (χ3v) is 3.45. The van der Waals surface area contributed by atoms with Crippen LogP contribution in [0.4, 0.5) is 0 Å². The van der Waals surface area contributed by atoms with E-state index in [1.807, 2.05) is 36.4 Å². The molecule has 2 rings (SSSR count). The first-order valence-corrected chi connectivity index (χ1v) is 7.06. The quantitative estimate of drug-likeness (QED) is 0.871. The summed E-state index contributed by atoms with van der Waals surface area (Å²) in [6.07, 6.45) is 0. The molecule has 0 saturated carbocycles. The van der Waals surface area contributed by atoms with Crippen LogP contribution in [0.2, 0.25) is 0 Å². The molecule has 2 aromatic rings. The fourth-order valence-electron chi connectivity index (χ4n) is 1.82. The Bertz CT molecular complexity index is 564. The molecule has 0 aliphatic carbocycles. The van der Waals surface area contributed by atoms with E-state index in [1.165, 1.54) is 5.56 Å². The molecule has 0 aliphatic rings. The van der Waals surface area contributed by atoms with Gasteiger partial charge in [-0.2, -0.15) is 0 Å². The number of hydrogen-bond donors (Lipinski definition) is 1. The molecule has 0 bridgehead atoms. The fourth-order valence-corrected chi connectivity index (χ4v) is 2.16. The maximum atomic E-state index is 9.33. The van der Waals surface area contributed by atoms with Crippen molar-refractivity contribution in [3.63, 3.8) is 0 Å². The molecule has 0 amide bonds. The Labute approximate surface area is 122 Å². The molecule has 0 radical (unpaired) electrons. The van der Waals surface area contributed by atoms with Crippen molar-refractivity contribution in [2.45, 2.75) is 26.4 Å². The second kappa shape index (κ2) is 6.22. The van der Waals surface area contributed by atoms with Gasteiger partial charge in [-0.15, -0.1) is 0 Å². The van der Waals surface area contributed by atoms with Crippen molar-refractivity contribution in [3.8, 4) is 11.5 Å². The molecular weight excluding hydrogens is 304 g/mol. The van der Waals surface area contributed by atoms with E-state index < -0.39 is 0 Å². The standard InChI is InChI=1S/C16H17BrO2/c1-11(2)12-4-3-5-15(8-12)19-16-9-14(17)7-6-13(16)10-18/h3-9,11,18H,10H2,1-2H3. The lowest BCUT2D eigenvalue weighted by Crippen LogP contribution is -1.93. The molecule has 2 nitrogen and oxygen atoms in total. The van der Waals surface area contributed by atoms with Crippen molar-refractivity contribution < 1.29 is 9.84 Å². The molecule has 0 atom stereocenters. The van der Waals surface area contributed by atoms with Crippen LogP contribution < -0.4 is 4.74 Å². The van der Waals surface area contributed by atoms with E-state index in [2.05, 4.69) is 35.8 Å². The van der Waals surface area contributed by atoms with Crippen LogP contribution in [0.25, 0.3) is 0 Å². The minimum absolute atomic E-state index is 0.0352. The average Bonchev–Trinajstić information content (AvgIpc) is 2.39. The van der Waals surface area contributed by atoms with Crippen LogP contribution in [0, 0.1) is 0 Å². The van der Waals surface area contributed by atoms with Crippen molar-refractivity contribution in [2.75, 3.05) is 0 Å². The molecule has 0 fully saturated rings. The van der Waals surface area contributed by atoms with Gasteiger partial charge in [0.15, 0.2) is 0 Å². The summed E-state index contributed by atoms with van der Waals surface area (Å²) in [5.41, 5.74) is 2.01. The maximum absolute atomic E-state index is 9.33. The van der Waals surface area contributed by atoms with E-state index >= 15 is 0 Å². The largest absolute Gasteiger partial charge is 0.457 e. The number of rotatable bonds is 4. The van der Waals surface area contributed by atoms with Crippen LogP contribution >= 0.6 is 15.9 Å². The zero-order valence-corrected chi connectivity index (χ0v) is 12.6. The Morgan fingerprint density at radius 2 is 1.95 bits per heavy atom. The van der Waals surface area contributed by atoms with Crippen molar-refractivity contribution in [3.05, 3.63) is 58.1 Å². The van der Waals surface area contributed by atoms with Gasteiger partial charge in [0.2, 0.25) is 0 Å². The zero-order valence-electron chi connectivity index (χ0n) is 11.1. The third-order valence-electron chi connectivity index (χ3n) is 2.95. The van der Waals surface area contributed by atoms with E-state index in [4.69, 9.17) is 4.74 Å². The highest BCUT2D eigenvalue weighted by molar-refractivity contribution is 9.10. The molecule has 0 spiro atoms. The van der Waals surface area contributed by atoms with Gasteiger partial charge >= 0.3 is 0 Å². The lowest BCUT2D eigenvalue weighted by atomic mass is 10.0. The lowest BCUT2D eigenvalue weighted by molar-refractivity contribution is 0.276. The van der Waals surface area contributed by atoms with Crippen LogP contribution in [0.3, 0.4) is 0 Å². The van der Waals surface area contributed by atoms with Crippen LogP contribution in [0.5, 0.6) is 11.5 Å². The predicted octanol–water partition coefficient (Wildman–Crippen LogP) is 4.86. The number of hydrogen-bond acceptors (Lipinski definition) is 2. The van der Waals surface area contributed by atoms with Gasteiger partial charge in [-0.3, -0.25) is 0 Å². The summed E-state index contributed by atoms with van der Waals surface area (Å²) in [5, 5.41) is 9.33. The molecule has 100 valence electrons. The van der Waals surface area contributed by atoms with E-state index in [0.717, 1.165) is 15.8 Å². The Balaban J connectivity index is 2.30. The van der Waals surface area contributed by atoms with Crippen LogP contribution in [0.15, 0.2) is 46.9 Å². The SMILES string of the molecule is CC(C)c1cccc(Oc2cc(Br)ccc2CO)c1. The molecule has 2 aromatic carbocycles. The summed E-state index contributed by atoms with van der Waals surface area (Å²) in [7, 11) is 0. The monoisotopic (exact) mass is 320 g/mol. The number of ether oxygens (including phenoxy) is 1. The zero-order chi connectivity index (χ0) is 13.8. The highest BCUT2D eigenvalue weighted by Gasteiger charge is 2.07. The second-order valence-corrected chi connectivity index (χ2v) is 5.66. The molecule has 19 heavy (non-hydrogen) atoms. The first-order chi connectivity index (χ1) is 9.10. The van der Waals surface area contributed by atoms with E-state index in [0.29, 0.717) is 11.7 Å². The van der Waals surface area contributed by atoms with Crippen molar-refractivity contribution in [1.82, 2.24) is 0 Å². The van der Waals surface area contributed by atoms with Crippen molar-refractivity contribution in [1.29, 1.82) is 0 Å². The van der Waals surface area contributed by atoms with Gasteiger partial charge in [0.25, 0.3) is 0 Å². The van der Waals surface area contributed by atoms with Crippen LogP contribution in [-0.2, 0) is 6.61 Å². The third kappa shape index (κ3) is 3.58. The summed E-state index contributed by atoms with van der Waals surface area (Å²) >= 11 is 3.41. The Morgan fingerprint density at radius 1 is 1.16 bits per heavy atom. The first-order valence-electron chi connectivity index (χ1n) is 6.27. The Hall–Kier alpha value is -1.32. The summed E-state index contributed by atoms with van der Waals surface area (Å²) in [5.74, 6) is 1.93. The molecular formula is C16H17BrO2. The van der Waals surface area contributed by atoms with Crippen molar-refractivity contribution in [2.24, 2.45) is 0 Å². The highest BCUT2D eigenvalue weighted by Crippen LogP contribution is 2.30. The minimum atomic E-state index is -0.0352. The average molecular weight is 321 g/mol. The van der Waals surface area contributed by atoms with Crippen molar-refractivity contribution >= 4 is 15.9 Å². The summed E-state index contributed by atoms with van der Waals surface area (Å²) in [6.45, 7) is 4.27. The summed E-state index contributed by atoms with van der Waals surface area (Å²) in [6, 6.07) is 13.6. The fraction of sp³-hybridized carbons (Fsp3) is 0.250. The second-order valence-electron chi connectivity index (χ2n) is 4.74. The molecule has 0 heterocycles. The maximum Gasteiger partial charge on any atom is 0.134 e. The number of aliphatic hydroxyl groups is 1. The Kier molecular flexibility index (Phi) is 4.61. The predicted molar refractivity (Wildman–Crippen MR) is 80.7 cm³/mol. The smallest absolute Gasteiger partial charge is 0.134 e. The molecule has 1 N–H and O–H groups in total.